The molecule has 0 bridgehead atoms. The van der Waals surface area contributed by atoms with Crippen LogP contribution in [0.5, 0.6) is 0 Å². The van der Waals surface area contributed by atoms with Crippen LogP contribution >= 0.6 is 13.4 Å². The van der Waals surface area contributed by atoms with Crippen LogP contribution in [0.25, 0.3) is 0 Å². The third-order valence-corrected chi connectivity index (χ3v) is 1.73. The summed E-state index contributed by atoms with van der Waals surface area (Å²) >= 11 is 7.21. The van der Waals surface area contributed by atoms with E-state index < -0.39 is 13.4 Å². The molecule has 0 heterocycles. The monoisotopic (exact) mass is 463 g/mol. The van der Waals surface area contributed by atoms with E-state index >= 15 is 0 Å². The molecule has 0 aromatic rings. The van der Waals surface area contributed by atoms with E-state index in [-0.39, 0.29) is 17.1 Å². The van der Waals surface area contributed by atoms with Crippen LogP contribution in [0.2, 0.25) is 0 Å². The minimum Gasteiger partial charge on any atom is -0.325 e. The van der Waals surface area contributed by atoms with Gasteiger partial charge in [0.05, 0.1) is 0 Å². The predicted molar refractivity (Wildman–Crippen MR) is 101 cm³/mol. The van der Waals surface area contributed by atoms with Crippen LogP contribution in [0.3, 0.4) is 0 Å². The maximum absolute atomic E-state index is 7.56. The largest absolute Gasteiger partial charge is 0.325 e. The Hall–Kier alpha value is 1.58. The first-order chi connectivity index (χ1) is 9.54. The molecular formula is C12H34CuO6P2S2. The Morgan fingerprint density at radius 2 is 0.783 bits per heavy atom. The zero-order chi connectivity index (χ0) is 19.0. The Morgan fingerprint density at radius 3 is 0.783 bits per heavy atom. The molecule has 0 aromatic carbocycles. The number of rotatable bonds is 4. The van der Waals surface area contributed by atoms with Crippen LogP contribution in [0.15, 0.2) is 0 Å². The fourth-order valence-electron chi connectivity index (χ4n) is 1.15. The van der Waals surface area contributed by atoms with Crippen molar-refractivity contribution >= 4 is 37.1 Å². The van der Waals surface area contributed by atoms with Gasteiger partial charge in [-0.2, -0.15) is 0 Å². The van der Waals surface area contributed by atoms with Crippen molar-refractivity contribution in [2.24, 2.45) is 11.8 Å². The molecule has 1 radical (unpaired) electrons. The molecule has 0 rings (SSSR count). The Balaban J connectivity index is -0.0000000620. The zero-order valence-corrected chi connectivity index (χ0v) is 19.0. The van der Waals surface area contributed by atoms with Crippen LogP contribution in [0, 0.1) is 11.8 Å². The molecule has 151 valence electrons. The Labute approximate surface area is 162 Å². The first-order valence-corrected chi connectivity index (χ1v) is 12.4. The van der Waals surface area contributed by atoms with Gasteiger partial charge in [0, 0.05) is 17.1 Å². The standard InChI is InChI=1S/2C6H14.Cu.2H3O3PS/c2*1-4-5-6(2)3;;2*1-4(2,3)5/h2*6H,4-5H2,1-3H3;;2*(H3,1,2,3,5). The van der Waals surface area contributed by atoms with Crippen LogP contribution in [0.1, 0.15) is 67.2 Å². The second kappa shape index (κ2) is 21.6. The van der Waals surface area contributed by atoms with E-state index in [2.05, 4.69) is 65.2 Å². The minimum atomic E-state index is -3.81. The molecule has 0 aliphatic rings. The Kier molecular flexibility index (Phi) is 33.5. The SMILES string of the molecule is CCCC(C)C.CCCC(C)C.OP(O)(O)=S.OP(O)(O)=S.[Cu]. The summed E-state index contributed by atoms with van der Waals surface area (Å²) in [4.78, 5) is 45.3. The van der Waals surface area contributed by atoms with Crippen molar-refractivity contribution < 1.29 is 46.4 Å². The van der Waals surface area contributed by atoms with E-state index in [1.54, 1.807) is 0 Å². The second-order valence-corrected chi connectivity index (χ2v) is 10.4. The van der Waals surface area contributed by atoms with Crippen LogP contribution in [0.4, 0.5) is 0 Å². The molecule has 0 aliphatic heterocycles. The van der Waals surface area contributed by atoms with Crippen molar-refractivity contribution in [3.8, 4) is 0 Å². The third-order valence-electron chi connectivity index (χ3n) is 1.73. The van der Waals surface area contributed by atoms with E-state index in [1.807, 2.05) is 0 Å². The molecule has 0 atom stereocenters. The van der Waals surface area contributed by atoms with E-state index in [0.29, 0.717) is 0 Å². The molecule has 11 heteroatoms. The molecule has 0 amide bonds. The summed E-state index contributed by atoms with van der Waals surface area (Å²) in [5, 5.41) is 0. The normalized spacial score (nSPS) is 10.3. The average Bonchev–Trinajstić information content (AvgIpc) is 2.11. The summed E-state index contributed by atoms with van der Waals surface area (Å²) in [5.41, 5.74) is 0. The molecule has 0 saturated carbocycles. The molecule has 6 nitrogen and oxygen atoms in total. The van der Waals surface area contributed by atoms with Gasteiger partial charge in [0.1, 0.15) is 0 Å². The van der Waals surface area contributed by atoms with Gasteiger partial charge >= 0.3 is 13.4 Å². The van der Waals surface area contributed by atoms with Crippen molar-refractivity contribution in [1.29, 1.82) is 0 Å². The maximum Gasteiger partial charge on any atom is 0.319 e. The predicted octanol–water partition coefficient (Wildman–Crippen LogP) is 3.26. The van der Waals surface area contributed by atoms with Crippen molar-refractivity contribution in [3.63, 3.8) is 0 Å². The smallest absolute Gasteiger partial charge is 0.319 e. The average molecular weight is 464 g/mol. The quantitative estimate of drug-likeness (QED) is 0.277. The van der Waals surface area contributed by atoms with Crippen LogP contribution < -0.4 is 0 Å². The van der Waals surface area contributed by atoms with E-state index in [4.69, 9.17) is 29.4 Å². The summed E-state index contributed by atoms with van der Waals surface area (Å²) in [6, 6.07) is 0. The van der Waals surface area contributed by atoms with E-state index in [9.17, 15) is 0 Å². The van der Waals surface area contributed by atoms with Gasteiger partial charge in [-0.05, 0) is 35.4 Å². The van der Waals surface area contributed by atoms with Crippen molar-refractivity contribution in [1.82, 2.24) is 0 Å². The maximum atomic E-state index is 7.56. The summed E-state index contributed by atoms with van der Waals surface area (Å²) in [6.07, 6.45) is 5.41. The molecule has 0 aromatic heterocycles. The van der Waals surface area contributed by atoms with Crippen LogP contribution in [-0.4, -0.2) is 29.4 Å². The fourth-order valence-corrected chi connectivity index (χ4v) is 1.15. The fraction of sp³-hybridized carbons (Fsp3) is 1.00. The molecule has 0 fully saturated rings. The summed E-state index contributed by atoms with van der Waals surface area (Å²) < 4.78 is 0. The van der Waals surface area contributed by atoms with Gasteiger partial charge < -0.3 is 29.4 Å². The summed E-state index contributed by atoms with van der Waals surface area (Å²) in [7, 11) is 0. The topological polar surface area (TPSA) is 121 Å². The zero-order valence-electron chi connectivity index (χ0n) is 14.7. The Bertz CT molecular complexity index is 261. The number of hydrogen-bond acceptors (Lipinski definition) is 2. The molecular weight excluding hydrogens is 430 g/mol. The van der Waals surface area contributed by atoms with Gasteiger partial charge in [-0.1, -0.05) is 67.2 Å². The van der Waals surface area contributed by atoms with E-state index in [0.717, 1.165) is 11.8 Å². The summed E-state index contributed by atoms with van der Waals surface area (Å²) in [6.45, 7) is 5.85. The van der Waals surface area contributed by atoms with Gasteiger partial charge in [-0.15, -0.1) is 0 Å². The molecule has 6 N–H and O–H groups in total. The van der Waals surface area contributed by atoms with Gasteiger partial charge in [0.25, 0.3) is 0 Å². The first kappa shape index (κ1) is 35.6. The minimum absolute atomic E-state index is 0. The van der Waals surface area contributed by atoms with Crippen molar-refractivity contribution in [3.05, 3.63) is 0 Å². The van der Waals surface area contributed by atoms with Gasteiger partial charge in [-0.25, -0.2) is 0 Å². The van der Waals surface area contributed by atoms with Gasteiger partial charge in [-0.3, -0.25) is 0 Å². The first-order valence-electron chi connectivity index (χ1n) is 7.11. The molecule has 23 heavy (non-hydrogen) atoms. The molecule has 0 saturated heterocycles. The third kappa shape index (κ3) is 191. The van der Waals surface area contributed by atoms with Crippen molar-refractivity contribution in [2.75, 3.05) is 0 Å². The van der Waals surface area contributed by atoms with Gasteiger partial charge in [0.15, 0.2) is 0 Å². The van der Waals surface area contributed by atoms with Crippen LogP contribution in [-0.2, 0) is 40.7 Å². The van der Waals surface area contributed by atoms with E-state index in [1.165, 1.54) is 25.7 Å². The molecule has 0 unspecified atom stereocenters. The summed E-state index contributed by atoms with van der Waals surface area (Å²) in [5.74, 6) is 1.80. The molecule has 0 spiro atoms. The Morgan fingerprint density at radius 1 is 0.652 bits per heavy atom. The number of hydrogen-bond donors (Lipinski definition) is 6. The molecule has 0 aliphatic carbocycles. The van der Waals surface area contributed by atoms with Crippen molar-refractivity contribution in [2.45, 2.75) is 67.2 Å². The van der Waals surface area contributed by atoms with Gasteiger partial charge in [0.2, 0.25) is 0 Å². The second-order valence-electron chi connectivity index (χ2n) is 5.39.